The maximum Gasteiger partial charge on any atom is 0.118 e. The molecular weight excluding hydrogens is 238 g/mol. The van der Waals surface area contributed by atoms with Gasteiger partial charge in [0, 0.05) is 5.54 Å². The molecule has 1 aromatic carbocycles. The van der Waals surface area contributed by atoms with Crippen molar-refractivity contribution in [3.63, 3.8) is 0 Å². The van der Waals surface area contributed by atoms with Gasteiger partial charge in [0.15, 0.2) is 0 Å². The van der Waals surface area contributed by atoms with Crippen molar-refractivity contribution in [2.45, 2.75) is 44.8 Å². The van der Waals surface area contributed by atoms with Crippen LogP contribution in [0.3, 0.4) is 0 Å². The molecule has 108 valence electrons. The molecule has 3 nitrogen and oxygen atoms in total. The first-order valence-electron chi connectivity index (χ1n) is 6.92. The van der Waals surface area contributed by atoms with E-state index < -0.39 is 0 Å². The number of benzene rings is 1. The Morgan fingerprint density at radius 3 is 2.26 bits per heavy atom. The van der Waals surface area contributed by atoms with Crippen LogP contribution in [-0.2, 0) is 6.42 Å². The summed E-state index contributed by atoms with van der Waals surface area (Å²) in [6.45, 7) is 4.24. The SMILES string of the molecule is CCC(C)(C(O)CCc1ccc(OC)cc1)N(C)C. The van der Waals surface area contributed by atoms with E-state index in [0.717, 1.165) is 25.0 Å². The summed E-state index contributed by atoms with van der Waals surface area (Å²) in [5.41, 5.74) is 1.07. The van der Waals surface area contributed by atoms with Gasteiger partial charge in [-0.25, -0.2) is 0 Å². The maximum atomic E-state index is 10.4. The van der Waals surface area contributed by atoms with Crippen LogP contribution in [0.5, 0.6) is 5.75 Å². The van der Waals surface area contributed by atoms with Gasteiger partial charge < -0.3 is 14.7 Å². The summed E-state index contributed by atoms with van der Waals surface area (Å²) in [6, 6.07) is 8.05. The summed E-state index contributed by atoms with van der Waals surface area (Å²) in [6.07, 6.45) is 2.27. The second-order valence-electron chi connectivity index (χ2n) is 5.51. The largest absolute Gasteiger partial charge is 0.497 e. The first-order chi connectivity index (χ1) is 8.93. The maximum absolute atomic E-state index is 10.4. The molecule has 0 saturated carbocycles. The van der Waals surface area contributed by atoms with E-state index in [-0.39, 0.29) is 11.6 Å². The number of aryl methyl sites for hydroxylation is 1. The van der Waals surface area contributed by atoms with Gasteiger partial charge in [0.05, 0.1) is 13.2 Å². The Labute approximate surface area is 117 Å². The molecule has 0 heterocycles. The zero-order valence-electron chi connectivity index (χ0n) is 12.8. The number of hydrogen-bond acceptors (Lipinski definition) is 3. The molecular formula is C16H27NO2. The quantitative estimate of drug-likeness (QED) is 0.823. The van der Waals surface area contributed by atoms with E-state index in [2.05, 4.69) is 30.9 Å². The smallest absolute Gasteiger partial charge is 0.118 e. The van der Waals surface area contributed by atoms with Crippen LogP contribution >= 0.6 is 0 Å². The third-order valence-corrected chi connectivity index (χ3v) is 4.32. The third-order valence-electron chi connectivity index (χ3n) is 4.32. The molecule has 0 radical (unpaired) electrons. The van der Waals surface area contributed by atoms with Crippen molar-refractivity contribution < 1.29 is 9.84 Å². The van der Waals surface area contributed by atoms with Crippen LogP contribution in [-0.4, -0.2) is 42.9 Å². The summed E-state index contributed by atoms with van der Waals surface area (Å²) in [7, 11) is 5.72. The van der Waals surface area contributed by atoms with Crippen molar-refractivity contribution >= 4 is 0 Å². The monoisotopic (exact) mass is 265 g/mol. The Balaban J connectivity index is 2.59. The molecule has 1 aromatic rings. The predicted octanol–water partition coefficient (Wildman–Crippen LogP) is 2.72. The number of rotatable bonds is 7. The fraction of sp³-hybridized carbons (Fsp3) is 0.625. The van der Waals surface area contributed by atoms with Gasteiger partial charge in [-0.2, -0.15) is 0 Å². The van der Waals surface area contributed by atoms with Crippen LogP contribution < -0.4 is 4.74 Å². The molecule has 2 atom stereocenters. The lowest BCUT2D eigenvalue weighted by atomic mass is 9.86. The summed E-state index contributed by atoms with van der Waals surface area (Å²) in [5, 5.41) is 10.4. The highest BCUT2D eigenvalue weighted by molar-refractivity contribution is 5.27. The van der Waals surface area contributed by atoms with Gasteiger partial charge in [0.2, 0.25) is 0 Å². The zero-order valence-corrected chi connectivity index (χ0v) is 12.8. The standard InChI is InChI=1S/C16H27NO2/c1-6-16(2,17(3)4)15(18)12-9-13-7-10-14(19-5)11-8-13/h7-8,10-11,15,18H,6,9,12H2,1-5H3. The van der Waals surface area contributed by atoms with E-state index in [0.29, 0.717) is 0 Å². The summed E-state index contributed by atoms with van der Waals surface area (Å²) in [4.78, 5) is 2.12. The number of aliphatic hydroxyl groups is 1. The average molecular weight is 265 g/mol. The summed E-state index contributed by atoms with van der Waals surface area (Å²) in [5.74, 6) is 0.871. The first kappa shape index (κ1) is 16.0. The zero-order chi connectivity index (χ0) is 14.5. The Kier molecular flexibility index (Phi) is 5.83. The van der Waals surface area contributed by atoms with Crippen LogP contribution in [0.4, 0.5) is 0 Å². The molecule has 0 fully saturated rings. The van der Waals surface area contributed by atoms with Crippen LogP contribution in [0.15, 0.2) is 24.3 Å². The molecule has 0 saturated heterocycles. The van der Waals surface area contributed by atoms with E-state index in [4.69, 9.17) is 4.74 Å². The fourth-order valence-electron chi connectivity index (χ4n) is 2.26. The second kappa shape index (κ2) is 6.92. The number of hydrogen-bond donors (Lipinski definition) is 1. The molecule has 0 spiro atoms. The van der Waals surface area contributed by atoms with Crippen molar-refractivity contribution in [3.05, 3.63) is 29.8 Å². The minimum Gasteiger partial charge on any atom is -0.497 e. The van der Waals surface area contributed by atoms with Crippen molar-refractivity contribution in [2.75, 3.05) is 21.2 Å². The Bertz CT molecular complexity index is 375. The first-order valence-corrected chi connectivity index (χ1v) is 6.92. The van der Waals surface area contributed by atoms with E-state index in [1.165, 1.54) is 5.56 Å². The van der Waals surface area contributed by atoms with Crippen molar-refractivity contribution in [3.8, 4) is 5.75 Å². The van der Waals surface area contributed by atoms with E-state index in [1.54, 1.807) is 7.11 Å². The van der Waals surface area contributed by atoms with Crippen LogP contribution in [0, 0.1) is 0 Å². The molecule has 0 aliphatic rings. The van der Waals surface area contributed by atoms with Crippen molar-refractivity contribution in [2.24, 2.45) is 0 Å². The van der Waals surface area contributed by atoms with Gasteiger partial charge in [-0.3, -0.25) is 0 Å². The van der Waals surface area contributed by atoms with Gasteiger partial charge in [0.25, 0.3) is 0 Å². The molecule has 0 aliphatic heterocycles. The Hall–Kier alpha value is -1.06. The lowest BCUT2D eigenvalue weighted by Crippen LogP contribution is -2.50. The van der Waals surface area contributed by atoms with Gasteiger partial charge in [-0.1, -0.05) is 19.1 Å². The van der Waals surface area contributed by atoms with Crippen LogP contribution in [0.2, 0.25) is 0 Å². The van der Waals surface area contributed by atoms with Gasteiger partial charge in [-0.05, 0) is 58.0 Å². The number of aliphatic hydroxyl groups excluding tert-OH is 1. The van der Waals surface area contributed by atoms with Crippen molar-refractivity contribution in [1.82, 2.24) is 4.90 Å². The summed E-state index contributed by atoms with van der Waals surface area (Å²) >= 11 is 0. The molecule has 1 N–H and O–H groups in total. The molecule has 3 heteroatoms. The average Bonchev–Trinajstić information content (AvgIpc) is 2.44. The second-order valence-corrected chi connectivity index (χ2v) is 5.51. The molecule has 19 heavy (non-hydrogen) atoms. The molecule has 0 bridgehead atoms. The topological polar surface area (TPSA) is 32.7 Å². The van der Waals surface area contributed by atoms with E-state index in [1.807, 2.05) is 26.2 Å². The van der Waals surface area contributed by atoms with Crippen LogP contribution in [0.1, 0.15) is 32.3 Å². The van der Waals surface area contributed by atoms with E-state index in [9.17, 15) is 5.11 Å². The van der Waals surface area contributed by atoms with Gasteiger partial charge in [0.1, 0.15) is 5.75 Å². The molecule has 0 aromatic heterocycles. The molecule has 0 amide bonds. The molecule has 2 unspecified atom stereocenters. The predicted molar refractivity (Wildman–Crippen MR) is 79.7 cm³/mol. The summed E-state index contributed by atoms with van der Waals surface area (Å²) < 4.78 is 5.14. The molecule has 0 aliphatic carbocycles. The van der Waals surface area contributed by atoms with Gasteiger partial charge in [-0.15, -0.1) is 0 Å². The minimum absolute atomic E-state index is 0.160. The fourth-order valence-corrected chi connectivity index (χ4v) is 2.26. The Morgan fingerprint density at radius 1 is 1.26 bits per heavy atom. The lowest BCUT2D eigenvalue weighted by molar-refractivity contribution is -0.00215. The third kappa shape index (κ3) is 3.95. The van der Waals surface area contributed by atoms with Crippen molar-refractivity contribution in [1.29, 1.82) is 0 Å². The normalized spacial score (nSPS) is 16.2. The number of nitrogens with zero attached hydrogens (tertiary/aromatic N) is 1. The number of methoxy groups -OCH3 is 1. The Morgan fingerprint density at radius 2 is 1.84 bits per heavy atom. The minimum atomic E-state index is -0.324. The van der Waals surface area contributed by atoms with Crippen LogP contribution in [0.25, 0.3) is 0 Å². The highest BCUT2D eigenvalue weighted by Gasteiger charge is 2.32. The van der Waals surface area contributed by atoms with E-state index >= 15 is 0 Å². The number of likely N-dealkylation sites (N-methyl/N-ethyl adjacent to an activating group) is 1. The number of ether oxygens (including phenoxy) is 1. The molecule has 1 rings (SSSR count). The van der Waals surface area contributed by atoms with Gasteiger partial charge >= 0.3 is 0 Å². The lowest BCUT2D eigenvalue weighted by Gasteiger charge is -2.40. The highest BCUT2D eigenvalue weighted by atomic mass is 16.5. The highest BCUT2D eigenvalue weighted by Crippen LogP contribution is 2.24.